The van der Waals surface area contributed by atoms with Crippen molar-refractivity contribution in [3.05, 3.63) is 12.2 Å². The molecule has 0 bridgehead atoms. The second-order valence-corrected chi connectivity index (χ2v) is 8.77. The molecule has 0 atom stereocenters. The van der Waals surface area contributed by atoms with Gasteiger partial charge in [-0.05, 0) is 12.8 Å². The molecule has 0 heterocycles. The van der Waals surface area contributed by atoms with Crippen LogP contribution in [0.25, 0.3) is 0 Å². The number of rotatable bonds is 19. The van der Waals surface area contributed by atoms with E-state index in [9.17, 15) is 18.0 Å². The Hall–Kier alpha value is -0.410. The van der Waals surface area contributed by atoms with Crippen molar-refractivity contribution in [2.24, 2.45) is 0 Å². The van der Waals surface area contributed by atoms with Gasteiger partial charge in [0.1, 0.15) is 0 Å². The molecule has 0 rings (SSSR count). The van der Waals surface area contributed by atoms with E-state index < -0.39 is 27.8 Å². The molecule has 0 amide bonds. The van der Waals surface area contributed by atoms with Gasteiger partial charge in [-0.3, -0.25) is 4.55 Å². The Morgan fingerprint density at radius 3 is 1.47 bits per heavy atom. The van der Waals surface area contributed by atoms with Gasteiger partial charge in [-0.25, -0.2) is 9.59 Å². The third-order valence-electron chi connectivity index (χ3n) is 4.39. The van der Waals surface area contributed by atoms with Crippen molar-refractivity contribution in [2.75, 3.05) is 19.0 Å². The van der Waals surface area contributed by atoms with E-state index in [4.69, 9.17) is 14.0 Å². The van der Waals surface area contributed by atoms with Crippen LogP contribution < -0.4 is 0 Å². The van der Waals surface area contributed by atoms with E-state index in [1.807, 2.05) is 0 Å². The first-order valence-electron chi connectivity index (χ1n) is 10.8. The molecule has 0 aliphatic heterocycles. The molecule has 0 aromatic carbocycles. The molecule has 7 nitrogen and oxygen atoms in total. The van der Waals surface area contributed by atoms with Gasteiger partial charge in [-0.15, -0.1) is 0 Å². The second kappa shape index (κ2) is 21.8. The first kappa shape index (κ1) is 31.8. The fourth-order valence-corrected chi connectivity index (χ4v) is 3.24. The maximum atomic E-state index is 11.5. The minimum absolute atomic E-state index is 0. The van der Waals surface area contributed by atoms with Gasteiger partial charge in [0.05, 0.1) is 19.0 Å². The molecule has 0 fully saturated rings. The maximum absolute atomic E-state index is 11.5. The van der Waals surface area contributed by atoms with Crippen LogP contribution in [0.4, 0.5) is 0 Å². The van der Waals surface area contributed by atoms with E-state index in [-0.39, 0.29) is 42.6 Å². The van der Waals surface area contributed by atoms with Crippen molar-refractivity contribution in [3.63, 3.8) is 0 Å². The van der Waals surface area contributed by atoms with Crippen molar-refractivity contribution in [2.45, 2.75) is 90.4 Å². The fourth-order valence-electron chi connectivity index (χ4n) is 2.76. The Morgan fingerprint density at radius 2 is 1.07 bits per heavy atom. The van der Waals surface area contributed by atoms with Crippen LogP contribution in [0.15, 0.2) is 12.2 Å². The fraction of sp³-hybridized carbons (Fsp3) is 0.810. The van der Waals surface area contributed by atoms with Crippen molar-refractivity contribution in [1.29, 1.82) is 0 Å². The molecule has 9 heteroatoms. The van der Waals surface area contributed by atoms with Crippen LogP contribution in [0.1, 0.15) is 90.4 Å². The van der Waals surface area contributed by atoms with Crippen molar-refractivity contribution in [3.8, 4) is 0 Å². The summed E-state index contributed by atoms with van der Waals surface area (Å²) in [5, 5.41) is 0. The van der Waals surface area contributed by atoms with E-state index in [1.165, 1.54) is 57.8 Å². The predicted molar refractivity (Wildman–Crippen MR) is 120 cm³/mol. The van der Waals surface area contributed by atoms with Crippen LogP contribution in [0.5, 0.6) is 0 Å². The molecule has 0 unspecified atom stereocenters. The van der Waals surface area contributed by atoms with Gasteiger partial charge in [-0.1, -0.05) is 77.6 Å². The summed E-state index contributed by atoms with van der Waals surface area (Å²) >= 11 is 0. The first-order valence-corrected chi connectivity index (χ1v) is 12.4. The third kappa shape index (κ3) is 25.6. The van der Waals surface area contributed by atoms with Crippen molar-refractivity contribution < 1.29 is 32.0 Å². The topological polar surface area (TPSA) is 107 Å². The molecule has 1 N–H and O–H groups in total. The first-order chi connectivity index (χ1) is 13.8. The summed E-state index contributed by atoms with van der Waals surface area (Å²) in [6, 6.07) is 0. The van der Waals surface area contributed by atoms with Gasteiger partial charge in [0, 0.05) is 12.2 Å². The molecule has 0 aliphatic rings. The average Bonchev–Trinajstić information content (AvgIpc) is 2.66. The number of hydrogen-bond donors (Lipinski definition) is 1. The van der Waals surface area contributed by atoms with Gasteiger partial charge >= 0.3 is 41.5 Å². The Balaban J connectivity index is 0. The molecule has 0 spiro atoms. The van der Waals surface area contributed by atoms with Crippen molar-refractivity contribution in [1.82, 2.24) is 0 Å². The van der Waals surface area contributed by atoms with E-state index >= 15 is 0 Å². The van der Waals surface area contributed by atoms with Gasteiger partial charge in [-0.2, -0.15) is 8.42 Å². The number of esters is 2. The zero-order valence-corrected chi connectivity index (χ0v) is 18.6. The molecule has 0 saturated heterocycles. The van der Waals surface area contributed by atoms with Crippen LogP contribution in [0, 0.1) is 0 Å². The Labute approximate surface area is 204 Å². The summed E-state index contributed by atoms with van der Waals surface area (Å²) in [6.45, 7) is 2.40. The summed E-state index contributed by atoms with van der Waals surface area (Å²) in [5.41, 5.74) is 0. The molecule has 0 aromatic heterocycles. The number of carbonyl (C=O) groups excluding carboxylic acids is 2. The molecule has 0 saturated carbocycles. The van der Waals surface area contributed by atoms with Crippen LogP contribution in [0.2, 0.25) is 0 Å². The Morgan fingerprint density at radius 1 is 0.700 bits per heavy atom. The molecule has 0 radical (unpaired) electrons. The van der Waals surface area contributed by atoms with Gasteiger partial charge < -0.3 is 9.47 Å². The summed E-state index contributed by atoms with van der Waals surface area (Å²) in [7, 11) is -4.06. The molecule has 30 heavy (non-hydrogen) atoms. The van der Waals surface area contributed by atoms with Crippen molar-refractivity contribution >= 4 is 51.6 Å². The normalized spacial score (nSPS) is 11.3. The molecular weight excluding hydrogens is 419 g/mol. The van der Waals surface area contributed by atoms with Crippen LogP contribution in [-0.4, -0.2) is 73.4 Å². The SMILES string of the molecule is CCCCCCCCCCCCCCOC(=O)/C=C\C(=O)OCCCS(=O)(=O)O.[NaH]. The Kier molecular flexibility index (Phi) is 23.1. The number of carbonyl (C=O) groups is 2. The van der Waals surface area contributed by atoms with Crippen LogP contribution in [-0.2, 0) is 29.2 Å². The van der Waals surface area contributed by atoms with Gasteiger partial charge in [0.15, 0.2) is 0 Å². The number of unbranched alkanes of at least 4 members (excludes halogenated alkanes) is 11. The summed E-state index contributed by atoms with van der Waals surface area (Å²) in [5.74, 6) is -1.85. The summed E-state index contributed by atoms with van der Waals surface area (Å²) in [6.07, 6.45) is 16.7. The van der Waals surface area contributed by atoms with Gasteiger partial charge in [0.25, 0.3) is 10.1 Å². The van der Waals surface area contributed by atoms with E-state index in [0.717, 1.165) is 31.4 Å². The van der Waals surface area contributed by atoms with E-state index in [2.05, 4.69) is 6.92 Å². The predicted octanol–water partition coefficient (Wildman–Crippen LogP) is 3.96. The molecule has 0 aromatic rings. The number of ether oxygens (including phenoxy) is 2. The zero-order valence-electron chi connectivity index (χ0n) is 17.8. The quantitative estimate of drug-likeness (QED) is 0.103. The second-order valence-electron chi connectivity index (χ2n) is 7.20. The Bertz CT molecular complexity index is 562. The molecule has 172 valence electrons. The zero-order chi connectivity index (χ0) is 21.8. The summed E-state index contributed by atoms with van der Waals surface area (Å²) < 4.78 is 39.2. The monoisotopic (exact) mass is 458 g/mol. The summed E-state index contributed by atoms with van der Waals surface area (Å²) in [4.78, 5) is 22.8. The minimum atomic E-state index is -4.06. The van der Waals surface area contributed by atoms with Crippen LogP contribution >= 0.6 is 0 Å². The van der Waals surface area contributed by atoms with E-state index in [1.54, 1.807) is 0 Å². The van der Waals surface area contributed by atoms with E-state index in [0.29, 0.717) is 6.61 Å². The molecule has 0 aliphatic carbocycles. The van der Waals surface area contributed by atoms with Crippen LogP contribution in [0.3, 0.4) is 0 Å². The van der Waals surface area contributed by atoms with Gasteiger partial charge in [0.2, 0.25) is 0 Å². The molecular formula is C21H39NaO7S. The number of hydrogen-bond acceptors (Lipinski definition) is 6. The average molecular weight is 459 g/mol. The third-order valence-corrected chi connectivity index (χ3v) is 5.19. The standard InChI is InChI=1S/C21H38O7S.Na.H/c1-2-3-4-5-6-7-8-9-10-11-12-13-17-27-20(22)15-16-21(23)28-18-14-19-29(24,25)26;;/h15-16H,2-14,17-19H2,1H3,(H,24,25,26);;/b16-15-;;.